The van der Waals surface area contributed by atoms with Crippen molar-refractivity contribution < 1.29 is 32.9 Å². The Morgan fingerprint density at radius 3 is 2.37 bits per heavy atom. The molecular weight excluding hydrogens is 381 g/mol. The molecule has 1 aromatic rings. The molecule has 1 N–H and O–H groups in total. The fraction of sp³-hybridized carbons (Fsp3) is 0.611. The van der Waals surface area contributed by atoms with Crippen molar-refractivity contribution in [3.63, 3.8) is 0 Å². The first-order valence-electron chi connectivity index (χ1n) is 8.67. The molecule has 1 unspecified atom stereocenters. The number of halogens is 2. The molecule has 0 saturated carbocycles. The highest BCUT2D eigenvalue weighted by atomic mass is 35.5. The Balaban J connectivity index is 1.57. The zero-order valence-electron chi connectivity index (χ0n) is 15.3. The molecule has 9 heteroatoms. The minimum atomic E-state index is -1.00. The Morgan fingerprint density at radius 2 is 1.67 bits per heavy atom. The van der Waals surface area contributed by atoms with Crippen LogP contribution in [0, 0.1) is 5.82 Å². The molecule has 3 saturated heterocycles. The average Bonchev–Trinajstić information content (AvgIpc) is 3.04. The van der Waals surface area contributed by atoms with E-state index in [9.17, 15) is 9.18 Å². The van der Waals surface area contributed by atoms with Crippen molar-refractivity contribution in [2.75, 3.05) is 5.32 Å². The third kappa shape index (κ3) is 3.57. The van der Waals surface area contributed by atoms with Crippen molar-refractivity contribution in [1.29, 1.82) is 0 Å². The first-order valence-corrected chi connectivity index (χ1v) is 9.05. The second-order valence-corrected chi connectivity index (χ2v) is 8.12. The number of hydrogen-bond donors (Lipinski definition) is 1. The third-order valence-corrected chi connectivity index (χ3v) is 4.89. The zero-order valence-corrected chi connectivity index (χ0v) is 16.1. The van der Waals surface area contributed by atoms with Crippen LogP contribution in [0.5, 0.6) is 0 Å². The summed E-state index contributed by atoms with van der Waals surface area (Å²) in [5.74, 6) is -2.81. The fourth-order valence-electron chi connectivity index (χ4n) is 3.61. The summed E-state index contributed by atoms with van der Waals surface area (Å²) < 4.78 is 42.7. The van der Waals surface area contributed by atoms with E-state index >= 15 is 0 Å². The number of fused-ring (bicyclic) bond motifs is 3. The van der Waals surface area contributed by atoms with E-state index in [1.165, 1.54) is 18.2 Å². The molecule has 0 aliphatic carbocycles. The van der Waals surface area contributed by atoms with Gasteiger partial charge in [-0.05, 0) is 45.9 Å². The van der Waals surface area contributed by atoms with E-state index in [1.54, 1.807) is 27.7 Å². The van der Waals surface area contributed by atoms with Crippen LogP contribution >= 0.6 is 11.6 Å². The number of anilines is 1. The molecule has 27 heavy (non-hydrogen) atoms. The molecule has 4 rings (SSSR count). The van der Waals surface area contributed by atoms with E-state index < -0.39 is 54.0 Å². The van der Waals surface area contributed by atoms with Crippen LogP contribution in [0.1, 0.15) is 27.7 Å². The molecule has 0 aromatic heterocycles. The summed E-state index contributed by atoms with van der Waals surface area (Å²) in [6, 6.07) is 3.91. The SMILES string of the molecule is CC1(C)O[C@H]2OC(C(=O)Nc3ccc(F)c(Cl)c3)[C@@H]3OC(C)(C)O[C@@H]3[C@H]2O1. The van der Waals surface area contributed by atoms with Gasteiger partial charge in [0, 0.05) is 5.69 Å². The Bertz CT molecular complexity index is 772. The van der Waals surface area contributed by atoms with Crippen LogP contribution in [-0.4, -0.2) is 48.2 Å². The van der Waals surface area contributed by atoms with Gasteiger partial charge in [0.25, 0.3) is 5.91 Å². The van der Waals surface area contributed by atoms with Gasteiger partial charge in [0.2, 0.25) is 0 Å². The third-order valence-electron chi connectivity index (χ3n) is 4.60. The predicted octanol–water partition coefficient (Wildman–Crippen LogP) is 2.81. The highest BCUT2D eigenvalue weighted by Gasteiger charge is 2.62. The van der Waals surface area contributed by atoms with E-state index in [0.717, 1.165) is 0 Å². The van der Waals surface area contributed by atoms with Gasteiger partial charge in [0.05, 0.1) is 5.02 Å². The van der Waals surface area contributed by atoms with Crippen LogP contribution < -0.4 is 5.32 Å². The van der Waals surface area contributed by atoms with Gasteiger partial charge >= 0.3 is 0 Å². The molecule has 1 aromatic carbocycles. The molecule has 148 valence electrons. The quantitative estimate of drug-likeness (QED) is 0.821. The second-order valence-electron chi connectivity index (χ2n) is 7.71. The highest BCUT2D eigenvalue weighted by Crippen LogP contribution is 2.44. The average molecular weight is 402 g/mol. The van der Waals surface area contributed by atoms with Crippen molar-refractivity contribution in [3.8, 4) is 0 Å². The number of carbonyl (C=O) groups excluding carboxylic acids is 1. The summed E-state index contributed by atoms with van der Waals surface area (Å²) in [5, 5.41) is 2.58. The Hall–Kier alpha value is -1.29. The summed E-state index contributed by atoms with van der Waals surface area (Å²) >= 11 is 5.78. The van der Waals surface area contributed by atoms with E-state index in [2.05, 4.69) is 5.32 Å². The van der Waals surface area contributed by atoms with E-state index in [1.807, 2.05) is 0 Å². The summed E-state index contributed by atoms with van der Waals surface area (Å²) in [7, 11) is 0. The monoisotopic (exact) mass is 401 g/mol. The van der Waals surface area contributed by atoms with E-state index in [-0.39, 0.29) is 5.02 Å². The van der Waals surface area contributed by atoms with Gasteiger partial charge in [0.15, 0.2) is 24.0 Å². The number of amides is 1. The maximum atomic E-state index is 13.3. The Morgan fingerprint density at radius 1 is 1.04 bits per heavy atom. The maximum absolute atomic E-state index is 13.3. The highest BCUT2D eigenvalue weighted by molar-refractivity contribution is 6.31. The lowest BCUT2D eigenvalue weighted by Crippen LogP contribution is -2.58. The molecule has 3 aliphatic heterocycles. The van der Waals surface area contributed by atoms with Crippen LogP contribution in [0.4, 0.5) is 10.1 Å². The first kappa shape index (κ1) is 19.0. The van der Waals surface area contributed by atoms with E-state index in [0.29, 0.717) is 5.69 Å². The topological polar surface area (TPSA) is 75.3 Å². The van der Waals surface area contributed by atoms with Gasteiger partial charge in [-0.1, -0.05) is 11.6 Å². The second kappa shape index (κ2) is 6.37. The number of nitrogens with one attached hydrogen (secondary N) is 1. The van der Waals surface area contributed by atoms with Crippen molar-refractivity contribution in [2.24, 2.45) is 0 Å². The van der Waals surface area contributed by atoms with Gasteiger partial charge in [-0.15, -0.1) is 0 Å². The van der Waals surface area contributed by atoms with Crippen LogP contribution in [-0.2, 0) is 28.5 Å². The summed E-state index contributed by atoms with van der Waals surface area (Å²) in [5.41, 5.74) is 0.343. The molecule has 3 heterocycles. The zero-order chi connectivity index (χ0) is 19.6. The molecule has 0 bridgehead atoms. The van der Waals surface area contributed by atoms with Crippen molar-refractivity contribution in [2.45, 2.75) is 70.0 Å². The van der Waals surface area contributed by atoms with Crippen molar-refractivity contribution >= 4 is 23.2 Å². The molecule has 0 spiro atoms. The minimum absolute atomic E-state index is 0.0915. The summed E-state index contributed by atoms with van der Waals surface area (Å²) in [6.07, 6.45) is -3.51. The molecule has 3 fully saturated rings. The van der Waals surface area contributed by atoms with Gasteiger partial charge < -0.3 is 29.0 Å². The molecule has 1 amide bonds. The lowest BCUT2D eigenvalue weighted by molar-refractivity contribution is -0.229. The molecule has 0 radical (unpaired) electrons. The minimum Gasteiger partial charge on any atom is -0.342 e. The maximum Gasteiger partial charge on any atom is 0.256 e. The normalized spacial score (nSPS) is 36.1. The summed E-state index contributed by atoms with van der Waals surface area (Å²) in [6.45, 7) is 7.05. The van der Waals surface area contributed by atoms with Gasteiger partial charge in [0.1, 0.15) is 24.1 Å². The van der Waals surface area contributed by atoms with Crippen LogP contribution in [0.3, 0.4) is 0 Å². The van der Waals surface area contributed by atoms with Crippen molar-refractivity contribution in [3.05, 3.63) is 29.0 Å². The number of rotatable bonds is 2. The standard InChI is InChI=1S/C18H21ClFNO6/c1-17(2)24-11-12(25-17)14-16(27-18(3,4)26-14)23-13(11)15(22)21-8-5-6-10(20)9(19)7-8/h5-7,11-14,16H,1-4H3,(H,21,22)/t11-,12+,13?,14-,16-/m1/s1. The molecular formula is C18H21ClFNO6. The Kier molecular flexibility index (Phi) is 4.49. The number of carbonyl (C=O) groups is 1. The van der Waals surface area contributed by atoms with Gasteiger partial charge in [-0.2, -0.15) is 0 Å². The number of ether oxygens (including phenoxy) is 5. The van der Waals surface area contributed by atoms with Crippen molar-refractivity contribution in [1.82, 2.24) is 0 Å². The van der Waals surface area contributed by atoms with Crippen LogP contribution in [0.25, 0.3) is 0 Å². The molecule has 3 aliphatic rings. The summed E-state index contributed by atoms with van der Waals surface area (Å²) in [4.78, 5) is 12.9. The Labute approximate surface area is 161 Å². The fourth-order valence-corrected chi connectivity index (χ4v) is 3.79. The molecule has 5 atom stereocenters. The van der Waals surface area contributed by atoms with Crippen LogP contribution in [0.15, 0.2) is 18.2 Å². The van der Waals surface area contributed by atoms with Gasteiger partial charge in [-0.25, -0.2) is 4.39 Å². The van der Waals surface area contributed by atoms with Gasteiger partial charge in [-0.3, -0.25) is 4.79 Å². The van der Waals surface area contributed by atoms with Crippen LogP contribution in [0.2, 0.25) is 5.02 Å². The smallest absolute Gasteiger partial charge is 0.256 e. The lowest BCUT2D eigenvalue weighted by atomic mass is 9.98. The van der Waals surface area contributed by atoms with E-state index in [4.69, 9.17) is 35.3 Å². The predicted molar refractivity (Wildman–Crippen MR) is 92.6 cm³/mol. The lowest BCUT2D eigenvalue weighted by Gasteiger charge is -2.36. The number of hydrogen-bond acceptors (Lipinski definition) is 6. The number of benzene rings is 1. The molecule has 7 nitrogen and oxygen atoms in total. The largest absolute Gasteiger partial charge is 0.342 e. The first-order chi connectivity index (χ1) is 12.5.